The Bertz CT molecular complexity index is 861. The van der Waals surface area contributed by atoms with E-state index < -0.39 is 11.6 Å². The number of hydrogen-bond donors (Lipinski definition) is 0. The number of ether oxygens (including phenoxy) is 1. The van der Waals surface area contributed by atoms with E-state index in [9.17, 15) is 13.6 Å². The Hall–Kier alpha value is -3.02. The number of aldehydes is 1. The van der Waals surface area contributed by atoms with Crippen LogP contribution in [0.25, 0.3) is 5.69 Å². The lowest BCUT2D eigenvalue weighted by Crippen LogP contribution is -2.03. The van der Waals surface area contributed by atoms with Gasteiger partial charge in [0.25, 0.3) is 0 Å². The Morgan fingerprint density at radius 1 is 1.13 bits per heavy atom. The quantitative estimate of drug-likeness (QED) is 0.682. The molecule has 4 nitrogen and oxygen atoms in total. The summed E-state index contributed by atoms with van der Waals surface area (Å²) in [6.45, 7) is 1.61. The molecule has 0 aliphatic carbocycles. The fraction of sp³-hybridized carbons (Fsp3) is 0.0588. The van der Waals surface area contributed by atoms with E-state index in [1.807, 2.05) is 6.07 Å². The number of halogens is 2. The van der Waals surface area contributed by atoms with Crippen molar-refractivity contribution in [3.63, 3.8) is 0 Å². The van der Waals surface area contributed by atoms with Crippen LogP contribution in [0.4, 0.5) is 8.78 Å². The first-order valence-electron chi connectivity index (χ1n) is 6.83. The van der Waals surface area contributed by atoms with Crippen molar-refractivity contribution in [3.8, 4) is 17.3 Å². The second kappa shape index (κ2) is 6.00. The van der Waals surface area contributed by atoms with E-state index in [0.29, 0.717) is 17.7 Å². The summed E-state index contributed by atoms with van der Waals surface area (Å²) in [4.78, 5) is 11.3. The number of carbonyl (C=O) groups excluding carboxylic acids is 1. The van der Waals surface area contributed by atoms with Crippen LogP contribution in [0.15, 0.2) is 48.5 Å². The maximum Gasteiger partial charge on any atom is 0.233 e. The van der Waals surface area contributed by atoms with Crippen molar-refractivity contribution in [2.75, 3.05) is 0 Å². The molecule has 116 valence electrons. The van der Waals surface area contributed by atoms with Crippen LogP contribution in [-0.4, -0.2) is 16.1 Å². The minimum Gasteiger partial charge on any atom is -0.438 e. The van der Waals surface area contributed by atoms with E-state index in [-0.39, 0.29) is 17.1 Å². The molecule has 1 aromatic heterocycles. The van der Waals surface area contributed by atoms with Gasteiger partial charge in [0.15, 0.2) is 12.1 Å². The van der Waals surface area contributed by atoms with Crippen molar-refractivity contribution in [2.45, 2.75) is 6.92 Å². The van der Waals surface area contributed by atoms with Gasteiger partial charge in [0, 0.05) is 6.07 Å². The van der Waals surface area contributed by atoms with Crippen molar-refractivity contribution in [3.05, 3.63) is 71.4 Å². The molecule has 0 fully saturated rings. The summed E-state index contributed by atoms with van der Waals surface area (Å²) >= 11 is 0. The van der Waals surface area contributed by atoms with Gasteiger partial charge in [0.05, 0.1) is 11.3 Å². The number of carbonyl (C=O) groups is 1. The van der Waals surface area contributed by atoms with E-state index in [1.54, 1.807) is 31.2 Å². The van der Waals surface area contributed by atoms with Crippen LogP contribution in [0, 0.1) is 18.6 Å². The number of benzene rings is 2. The number of nitrogens with zero attached hydrogens (tertiary/aromatic N) is 2. The molecular weight excluding hydrogens is 302 g/mol. The van der Waals surface area contributed by atoms with Gasteiger partial charge in [-0.3, -0.25) is 4.79 Å². The van der Waals surface area contributed by atoms with Gasteiger partial charge in [-0.1, -0.05) is 18.2 Å². The third-order valence-electron chi connectivity index (χ3n) is 3.28. The average molecular weight is 314 g/mol. The molecule has 0 atom stereocenters. The molecule has 0 aliphatic heterocycles. The van der Waals surface area contributed by atoms with Crippen LogP contribution in [-0.2, 0) is 0 Å². The summed E-state index contributed by atoms with van der Waals surface area (Å²) in [6, 6.07) is 11.8. The monoisotopic (exact) mass is 314 g/mol. The molecule has 0 N–H and O–H groups in total. The third-order valence-corrected chi connectivity index (χ3v) is 3.28. The zero-order chi connectivity index (χ0) is 16.4. The summed E-state index contributed by atoms with van der Waals surface area (Å²) in [6.07, 6.45) is 0.596. The molecule has 0 saturated heterocycles. The van der Waals surface area contributed by atoms with Gasteiger partial charge in [-0.25, -0.2) is 8.78 Å². The maximum atomic E-state index is 14.1. The summed E-state index contributed by atoms with van der Waals surface area (Å²) in [5, 5.41) is 4.14. The van der Waals surface area contributed by atoms with Crippen LogP contribution in [0.5, 0.6) is 11.6 Å². The Balaban J connectivity index is 2.15. The van der Waals surface area contributed by atoms with Gasteiger partial charge < -0.3 is 4.74 Å². The first-order chi connectivity index (χ1) is 11.1. The second-order valence-corrected chi connectivity index (χ2v) is 4.84. The molecule has 3 aromatic rings. The molecule has 6 heteroatoms. The minimum absolute atomic E-state index is 0.00599. The fourth-order valence-corrected chi connectivity index (χ4v) is 2.17. The van der Waals surface area contributed by atoms with E-state index in [0.717, 1.165) is 16.8 Å². The molecule has 1 heterocycles. The highest BCUT2D eigenvalue weighted by molar-refractivity contribution is 5.80. The molecule has 0 radical (unpaired) electrons. The molecule has 3 rings (SSSR count). The first-order valence-corrected chi connectivity index (χ1v) is 6.83. The SMILES string of the molecule is Cc1nn(-c2ccc(F)cc2F)c(Oc2ccccc2)c1C=O. The summed E-state index contributed by atoms with van der Waals surface area (Å²) < 4.78 is 34.0. The zero-order valence-corrected chi connectivity index (χ0v) is 12.2. The van der Waals surface area contributed by atoms with Gasteiger partial charge in [0.2, 0.25) is 5.88 Å². The molecule has 0 aliphatic rings. The minimum atomic E-state index is -0.803. The predicted octanol–water partition coefficient (Wildman–Crippen LogP) is 4.06. The normalized spacial score (nSPS) is 10.6. The summed E-state index contributed by atoms with van der Waals surface area (Å²) in [5.74, 6) is -0.951. The van der Waals surface area contributed by atoms with E-state index in [2.05, 4.69) is 5.10 Å². The van der Waals surface area contributed by atoms with Gasteiger partial charge >= 0.3 is 0 Å². The van der Waals surface area contributed by atoms with Gasteiger partial charge in [-0.05, 0) is 31.2 Å². The van der Waals surface area contributed by atoms with Crippen molar-refractivity contribution in [1.82, 2.24) is 9.78 Å². The van der Waals surface area contributed by atoms with Crippen molar-refractivity contribution < 1.29 is 18.3 Å². The van der Waals surface area contributed by atoms with Crippen molar-refractivity contribution in [1.29, 1.82) is 0 Å². The van der Waals surface area contributed by atoms with Crippen molar-refractivity contribution >= 4 is 6.29 Å². The summed E-state index contributed by atoms with van der Waals surface area (Å²) in [7, 11) is 0. The topological polar surface area (TPSA) is 44.1 Å². The Kier molecular flexibility index (Phi) is 3.89. The molecule has 0 unspecified atom stereocenters. The molecule has 0 saturated carbocycles. The van der Waals surface area contributed by atoms with Crippen LogP contribution in [0.2, 0.25) is 0 Å². The fourth-order valence-electron chi connectivity index (χ4n) is 2.17. The molecule has 0 bridgehead atoms. The van der Waals surface area contributed by atoms with Crippen LogP contribution < -0.4 is 4.74 Å². The Labute approximate surface area is 130 Å². The molecule has 0 spiro atoms. The smallest absolute Gasteiger partial charge is 0.233 e. The average Bonchev–Trinajstić information content (AvgIpc) is 2.84. The number of aromatic nitrogens is 2. The van der Waals surface area contributed by atoms with Crippen LogP contribution >= 0.6 is 0 Å². The lowest BCUT2D eigenvalue weighted by atomic mass is 10.2. The number of rotatable bonds is 4. The third kappa shape index (κ3) is 2.83. The first kappa shape index (κ1) is 14.9. The van der Waals surface area contributed by atoms with E-state index in [1.165, 1.54) is 6.07 Å². The van der Waals surface area contributed by atoms with Gasteiger partial charge in [0.1, 0.15) is 17.3 Å². The molecular formula is C17H12F2N2O2. The summed E-state index contributed by atoms with van der Waals surface area (Å²) in [5.41, 5.74) is 0.584. The Morgan fingerprint density at radius 2 is 1.87 bits per heavy atom. The lowest BCUT2D eigenvalue weighted by molar-refractivity contribution is 0.112. The standard InChI is InChI=1S/C17H12F2N2O2/c1-11-14(10-22)17(23-13-5-3-2-4-6-13)21(20-11)16-8-7-12(18)9-15(16)19/h2-10H,1H3. The Morgan fingerprint density at radius 3 is 2.52 bits per heavy atom. The zero-order valence-electron chi connectivity index (χ0n) is 12.2. The lowest BCUT2D eigenvalue weighted by Gasteiger charge is -2.10. The highest BCUT2D eigenvalue weighted by Gasteiger charge is 2.20. The molecule has 0 amide bonds. The predicted molar refractivity (Wildman–Crippen MR) is 80.1 cm³/mol. The largest absolute Gasteiger partial charge is 0.438 e. The highest BCUT2D eigenvalue weighted by atomic mass is 19.1. The molecule has 23 heavy (non-hydrogen) atoms. The van der Waals surface area contributed by atoms with Crippen LogP contribution in [0.3, 0.4) is 0 Å². The maximum absolute atomic E-state index is 14.1. The van der Waals surface area contributed by atoms with Gasteiger partial charge in [-0.15, -0.1) is 0 Å². The van der Waals surface area contributed by atoms with E-state index in [4.69, 9.17) is 4.74 Å². The van der Waals surface area contributed by atoms with E-state index >= 15 is 0 Å². The molecule has 2 aromatic carbocycles. The van der Waals surface area contributed by atoms with Crippen LogP contribution in [0.1, 0.15) is 16.1 Å². The highest BCUT2D eigenvalue weighted by Crippen LogP contribution is 2.30. The number of aryl methyl sites for hydroxylation is 1. The number of hydrogen-bond acceptors (Lipinski definition) is 3. The number of para-hydroxylation sites is 1. The van der Waals surface area contributed by atoms with Crippen molar-refractivity contribution in [2.24, 2.45) is 0 Å². The second-order valence-electron chi connectivity index (χ2n) is 4.84. The van der Waals surface area contributed by atoms with Gasteiger partial charge in [-0.2, -0.15) is 9.78 Å².